The summed E-state index contributed by atoms with van der Waals surface area (Å²) in [5.74, 6) is -7.49. The maximum Gasteiger partial charge on any atom is 0.326 e. The number of benzene rings is 1. The lowest BCUT2D eigenvalue weighted by Crippen LogP contribution is -2.58. The molecule has 0 bridgehead atoms. The van der Waals surface area contributed by atoms with Crippen molar-refractivity contribution < 1.29 is 49.2 Å². The van der Waals surface area contributed by atoms with Gasteiger partial charge in [0.2, 0.25) is 17.7 Å². The number of carboxylic acids is 3. The molecule has 2 rings (SSSR count). The number of H-pyrrole nitrogens is 1. The average Bonchev–Trinajstić information content (AvgIpc) is 3.36. The third-order valence-corrected chi connectivity index (χ3v) is 5.35. The molecule has 4 atom stereocenters. The summed E-state index contributed by atoms with van der Waals surface area (Å²) < 4.78 is 0. The number of nitrogens with zero attached hydrogens (tertiary/aromatic N) is 1. The van der Waals surface area contributed by atoms with E-state index >= 15 is 0 Å². The van der Waals surface area contributed by atoms with Gasteiger partial charge in [-0.3, -0.25) is 24.0 Å². The fraction of sp³-hybridized carbons (Fsp3) is 0.348. The Morgan fingerprint density at radius 2 is 1.36 bits per heavy atom. The number of rotatable bonds is 15. The molecule has 3 amide bonds. The molecular weight excluding hydrogens is 520 g/mol. The average molecular weight is 549 g/mol. The monoisotopic (exact) mass is 548 g/mol. The van der Waals surface area contributed by atoms with Crippen molar-refractivity contribution in [1.82, 2.24) is 25.9 Å². The number of imidazole rings is 1. The molecule has 0 aliphatic heterocycles. The van der Waals surface area contributed by atoms with E-state index in [1.807, 2.05) is 0 Å². The van der Waals surface area contributed by atoms with Gasteiger partial charge < -0.3 is 47.1 Å². The third kappa shape index (κ3) is 10.1. The number of carboxylic acid groups (broad SMARTS) is 3. The van der Waals surface area contributed by atoms with Gasteiger partial charge in [-0.05, 0) is 17.7 Å². The number of hydrogen-bond acceptors (Lipinski definition) is 9. The van der Waals surface area contributed by atoms with Crippen LogP contribution < -0.4 is 21.7 Å². The summed E-state index contributed by atoms with van der Waals surface area (Å²) in [4.78, 5) is 78.8. The van der Waals surface area contributed by atoms with Gasteiger partial charge in [0, 0.05) is 24.7 Å². The van der Waals surface area contributed by atoms with Gasteiger partial charge in [-0.1, -0.05) is 12.1 Å². The zero-order valence-electron chi connectivity index (χ0n) is 20.4. The Kier molecular flexibility index (Phi) is 10.9. The topological polar surface area (TPSA) is 274 Å². The van der Waals surface area contributed by atoms with Gasteiger partial charge >= 0.3 is 17.9 Å². The second-order valence-electron chi connectivity index (χ2n) is 8.48. The number of aliphatic carboxylic acids is 3. The van der Waals surface area contributed by atoms with Crippen LogP contribution in [0.1, 0.15) is 24.1 Å². The number of amides is 3. The summed E-state index contributed by atoms with van der Waals surface area (Å²) in [7, 11) is 0. The summed E-state index contributed by atoms with van der Waals surface area (Å²) in [6.45, 7) is 0. The van der Waals surface area contributed by atoms with Gasteiger partial charge in [-0.15, -0.1) is 0 Å². The highest BCUT2D eigenvalue weighted by atomic mass is 16.4. The number of phenolic OH excluding ortho intramolecular Hbond substituents is 1. The number of nitrogens with one attached hydrogen (secondary N) is 4. The first-order chi connectivity index (χ1) is 18.3. The molecular formula is C23H28N6O10. The predicted octanol–water partition coefficient (Wildman–Crippen LogP) is -2.28. The summed E-state index contributed by atoms with van der Waals surface area (Å²) in [5, 5.41) is 43.8. The summed E-state index contributed by atoms with van der Waals surface area (Å²) in [6, 6.07) is -0.705. The van der Waals surface area contributed by atoms with Crippen LogP contribution in [0.5, 0.6) is 5.75 Å². The zero-order valence-corrected chi connectivity index (χ0v) is 20.4. The van der Waals surface area contributed by atoms with E-state index in [-0.39, 0.29) is 18.6 Å². The summed E-state index contributed by atoms with van der Waals surface area (Å²) in [5.41, 5.74) is 6.38. The molecule has 0 radical (unpaired) electrons. The lowest BCUT2D eigenvalue weighted by atomic mass is 10.0. The van der Waals surface area contributed by atoms with Crippen LogP contribution in [0.4, 0.5) is 0 Å². The maximum atomic E-state index is 13.1. The minimum atomic E-state index is -1.74. The van der Waals surface area contributed by atoms with Crippen LogP contribution in [0, 0.1) is 0 Å². The van der Waals surface area contributed by atoms with E-state index < -0.39 is 72.6 Å². The molecule has 210 valence electrons. The first-order valence-corrected chi connectivity index (χ1v) is 11.4. The molecule has 0 aliphatic carbocycles. The Balaban J connectivity index is 2.23. The predicted molar refractivity (Wildman–Crippen MR) is 130 cm³/mol. The van der Waals surface area contributed by atoms with Crippen molar-refractivity contribution >= 4 is 35.6 Å². The Bertz CT molecular complexity index is 1180. The molecule has 0 saturated heterocycles. The van der Waals surface area contributed by atoms with E-state index in [1.165, 1.54) is 36.8 Å². The van der Waals surface area contributed by atoms with E-state index in [2.05, 4.69) is 25.9 Å². The van der Waals surface area contributed by atoms with Crippen molar-refractivity contribution in [2.24, 2.45) is 5.73 Å². The minimum absolute atomic E-state index is 0.0754. The second-order valence-corrected chi connectivity index (χ2v) is 8.48. The van der Waals surface area contributed by atoms with Crippen LogP contribution in [0.2, 0.25) is 0 Å². The van der Waals surface area contributed by atoms with Crippen molar-refractivity contribution in [1.29, 1.82) is 0 Å². The van der Waals surface area contributed by atoms with Crippen molar-refractivity contribution in [3.8, 4) is 5.75 Å². The fourth-order valence-corrected chi connectivity index (χ4v) is 3.38. The van der Waals surface area contributed by atoms with E-state index in [0.29, 0.717) is 11.3 Å². The molecule has 1 heterocycles. The Morgan fingerprint density at radius 3 is 1.90 bits per heavy atom. The molecule has 39 heavy (non-hydrogen) atoms. The number of aromatic amines is 1. The van der Waals surface area contributed by atoms with Crippen molar-refractivity contribution in [3.05, 3.63) is 48.0 Å². The lowest BCUT2D eigenvalue weighted by Gasteiger charge is -2.24. The number of aromatic nitrogens is 2. The first-order valence-electron chi connectivity index (χ1n) is 11.4. The van der Waals surface area contributed by atoms with Crippen LogP contribution in [0.25, 0.3) is 0 Å². The molecule has 1 aromatic carbocycles. The number of nitrogens with two attached hydrogens (primary N) is 1. The highest BCUT2D eigenvalue weighted by Gasteiger charge is 2.32. The molecule has 16 heteroatoms. The number of carbonyl (C=O) groups is 6. The molecule has 0 fully saturated rings. The van der Waals surface area contributed by atoms with Gasteiger partial charge in [0.05, 0.1) is 25.2 Å². The van der Waals surface area contributed by atoms with E-state index in [0.717, 1.165) is 0 Å². The molecule has 0 aliphatic rings. The van der Waals surface area contributed by atoms with Crippen molar-refractivity contribution in [3.63, 3.8) is 0 Å². The van der Waals surface area contributed by atoms with Gasteiger partial charge in [0.25, 0.3) is 0 Å². The quantitative estimate of drug-likeness (QED) is 0.114. The van der Waals surface area contributed by atoms with E-state index in [1.54, 1.807) is 0 Å². The van der Waals surface area contributed by atoms with Gasteiger partial charge in [-0.25, -0.2) is 9.78 Å². The Labute approximate surface area is 220 Å². The normalized spacial score (nSPS) is 13.8. The lowest BCUT2D eigenvalue weighted by molar-refractivity contribution is -0.143. The molecule has 2 aromatic rings. The summed E-state index contributed by atoms with van der Waals surface area (Å²) >= 11 is 0. The fourth-order valence-electron chi connectivity index (χ4n) is 3.38. The summed E-state index contributed by atoms with van der Waals surface area (Å²) in [6.07, 6.45) is 0.549. The Morgan fingerprint density at radius 1 is 0.795 bits per heavy atom. The molecule has 10 N–H and O–H groups in total. The molecule has 16 nitrogen and oxygen atoms in total. The van der Waals surface area contributed by atoms with Crippen LogP contribution in [0.15, 0.2) is 36.8 Å². The SMILES string of the molecule is NC(CC(=O)O)C(=O)NC(Cc1ccc(O)cc1)C(=O)NC(CC(=O)O)C(=O)NC(Cc1cnc[nH]1)C(=O)O. The van der Waals surface area contributed by atoms with Crippen LogP contribution in [-0.4, -0.2) is 90.2 Å². The van der Waals surface area contributed by atoms with Gasteiger partial charge in [0.1, 0.15) is 23.9 Å². The smallest absolute Gasteiger partial charge is 0.326 e. The number of hydrogen-bond donors (Lipinski definition) is 9. The Hall–Kier alpha value is -4.99. The minimum Gasteiger partial charge on any atom is -0.508 e. The first kappa shape index (κ1) is 30.2. The second kappa shape index (κ2) is 14.1. The molecule has 0 saturated carbocycles. The maximum absolute atomic E-state index is 13.1. The number of aromatic hydroxyl groups is 1. The highest BCUT2D eigenvalue weighted by molar-refractivity contribution is 5.96. The van der Waals surface area contributed by atoms with Crippen molar-refractivity contribution in [2.75, 3.05) is 0 Å². The van der Waals surface area contributed by atoms with E-state index in [9.17, 15) is 44.1 Å². The third-order valence-electron chi connectivity index (χ3n) is 5.35. The number of phenols is 1. The highest BCUT2D eigenvalue weighted by Crippen LogP contribution is 2.12. The molecule has 1 aromatic heterocycles. The number of carbonyl (C=O) groups excluding carboxylic acids is 3. The van der Waals surface area contributed by atoms with Crippen molar-refractivity contribution in [2.45, 2.75) is 49.9 Å². The standard InChI is InChI=1S/C23H28N6O10/c24-14(7-18(31)32)20(35)27-15(5-11-1-3-13(30)4-2-11)21(36)28-16(8-19(33)34)22(37)29-17(23(38)39)6-12-9-25-10-26-12/h1-4,9-10,14-17,30H,5-8,24H2,(H,25,26)(H,27,35)(H,28,36)(H,29,37)(H,31,32)(H,33,34)(H,38,39). The molecule has 4 unspecified atom stereocenters. The largest absolute Gasteiger partial charge is 0.508 e. The molecule has 0 spiro atoms. The van der Waals surface area contributed by atoms with Gasteiger partial charge in [0.15, 0.2) is 0 Å². The van der Waals surface area contributed by atoms with Crippen LogP contribution in [-0.2, 0) is 41.6 Å². The van der Waals surface area contributed by atoms with Crippen LogP contribution in [0.3, 0.4) is 0 Å². The van der Waals surface area contributed by atoms with Crippen LogP contribution >= 0.6 is 0 Å². The zero-order chi connectivity index (χ0) is 29.1. The van der Waals surface area contributed by atoms with Gasteiger partial charge in [-0.2, -0.15) is 0 Å². The van der Waals surface area contributed by atoms with E-state index in [4.69, 9.17) is 10.8 Å².